The summed E-state index contributed by atoms with van der Waals surface area (Å²) in [7, 11) is 3.53. The molecule has 0 heterocycles. The van der Waals surface area contributed by atoms with Crippen LogP contribution in [-0.2, 0) is 9.53 Å². The van der Waals surface area contributed by atoms with Crippen LogP contribution in [0.5, 0.6) is 0 Å². The average molecular weight is 216 g/mol. The fourth-order valence-corrected chi connectivity index (χ4v) is 1.02. The van der Waals surface area contributed by atoms with Crippen LogP contribution in [0, 0.1) is 0 Å². The molecular weight excluding hydrogens is 192 g/mol. The molecule has 0 aromatic rings. The molecule has 0 aromatic heterocycles. The summed E-state index contributed by atoms with van der Waals surface area (Å²) in [6.45, 7) is 6.18. The number of carbonyl (C=O) groups excluding carboxylic acids is 1. The van der Waals surface area contributed by atoms with Gasteiger partial charge in [0.25, 0.3) is 0 Å². The Morgan fingerprint density at radius 1 is 1.33 bits per heavy atom. The normalized spacial score (nSPS) is 10.7. The third kappa shape index (κ3) is 9.69. The topological polar surface area (TPSA) is 41.6 Å². The highest BCUT2D eigenvalue weighted by Gasteiger charge is 2.01. The Bertz CT molecular complexity index is 170. The van der Waals surface area contributed by atoms with E-state index in [0.29, 0.717) is 12.6 Å². The first-order valence-electron chi connectivity index (χ1n) is 5.56. The van der Waals surface area contributed by atoms with Gasteiger partial charge in [-0.05, 0) is 33.2 Å². The first-order chi connectivity index (χ1) is 7.04. The van der Waals surface area contributed by atoms with Gasteiger partial charge in [-0.3, -0.25) is 4.79 Å². The summed E-state index contributed by atoms with van der Waals surface area (Å²) in [5.41, 5.74) is 0. The SMILES string of the molecule is CC(C)OCCCCNCC(=O)N(C)C. The number of carbonyl (C=O) groups is 1. The molecule has 1 N–H and O–H groups in total. The fraction of sp³-hybridized carbons (Fsp3) is 0.909. The van der Waals surface area contributed by atoms with Crippen LogP contribution in [0.25, 0.3) is 0 Å². The summed E-state index contributed by atoms with van der Waals surface area (Å²) >= 11 is 0. The second kappa shape index (κ2) is 8.68. The van der Waals surface area contributed by atoms with Crippen molar-refractivity contribution in [3.8, 4) is 0 Å². The number of rotatable bonds is 8. The van der Waals surface area contributed by atoms with Crippen LogP contribution in [0.3, 0.4) is 0 Å². The van der Waals surface area contributed by atoms with Gasteiger partial charge in [-0.2, -0.15) is 0 Å². The minimum atomic E-state index is 0.119. The Balaban J connectivity index is 3.15. The van der Waals surface area contributed by atoms with E-state index < -0.39 is 0 Å². The summed E-state index contributed by atoms with van der Waals surface area (Å²) in [5.74, 6) is 0.119. The van der Waals surface area contributed by atoms with Gasteiger partial charge in [0, 0.05) is 20.7 Å². The molecule has 0 saturated heterocycles. The molecule has 0 radical (unpaired) electrons. The second-order valence-electron chi connectivity index (χ2n) is 4.09. The van der Waals surface area contributed by atoms with Gasteiger partial charge in [0.05, 0.1) is 12.6 Å². The molecule has 0 aliphatic heterocycles. The van der Waals surface area contributed by atoms with Crippen molar-refractivity contribution in [1.29, 1.82) is 0 Å². The molecule has 0 bridgehead atoms. The number of hydrogen-bond donors (Lipinski definition) is 1. The summed E-state index contributed by atoms with van der Waals surface area (Å²) in [6, 6.07) is 0. The van der Waals surface area contributed by atoms with Crippen LogP contribution in [-0.4, -0.2) is 50.7 Å². The zero-order valence-electron chi connectivity index (χ0n) is 10.4. The number of ether oxygens (including phenoxy) is 1. The van der Waals surface area contributed by atoms with E-state index in [4.69, 9.17) is 4.74 Å². The fourth-order valence-electron chi connectivity index (χ4n) is 1.02. The van der Waals surface area contributed by atoms with Gasteiger partial charge in [0.1, 0.15) is 0 Å². The van der Waals surface area contributed by atoms with Crippen molar-refractivity contribution in [3.63, 3.8) is 0 Å². The van der Waals surface area contributed by atoms with E-state index in [-0.39, 0.29) is 5.91 Å². The van der Waals surface area contributed by atoms with Gasteiger partial charge in [0.15, 0.2) is 0 Å². The summed E-state index contributed by atoms with van der Waals surface area (Å²) in [6.07, 6.45) is 2.41. The first-order valence-corrected chi connectivity index (χ1v) is 5.56. The van der Waals surface area contributed by atoms with Crippen LogP contribution < -0.4 is 5.32 Å². The summed E-state index contributed by atoms with van der Waals surface area (Å²) < 4.78 is 5.40. The van der Waals surface area contributed by atoms with Gasteiger partial charge in [-0.25, -0.2) is 0 Å². The highest BCUT2D eigenvalue weighted by atomic mass is 16.5. The van der Waals surface area contributed by atoms with Gasteiger partial charge in [-0.15, -0.1) is 0 Å². The molecule has 15 heavy (non-hydrogen) atoms. The number of nitrogens with one attached hydrogen (secondary N) is 1. The Morgan fingerprint density at radius 3 is 2.53 bits per heavy atom. The maximum Gasteiger partial charge on any atom is 0.236 e. The molecule has 0 saturated carbocycles. The number of unbranched alkanes of at least 4 members (excludes halogenated alkanes) is 1. The monoisotopic (exact) mass is 216 g/mol. The molecule has 0 aliphatic rings. The lowest BCUT2D eigenvalue weighted by Gasteiger charge is -2.11. The van der Waals surface area contributed by atoms with Crippen LogP contribution in [0.15, 0.2) is 0 Å². The molecule has 0 unspecified atom stereocenters. The predicted molar refractivity (Wildman–Crippen MR) is 61.9 cm³/mol. The number of nitrogens with zero attached hydrogens (tertiary/aromatic N) is 1. The Kier molecular flexibility index (Phi) is 8.33. The number of likely N-dealkylation sites (N-methyl/N-ethyl adjacent to an activating group) is 1. The Labute approximate surface area is 93.0 Å². The number of hydrogen-bond acceptors (Lipinski definition) is 3. The van der Waals surface area contributed by atoms with E-state index in [2.05, 4.69) is 5.32 Å². The van der Waals surface area contributed by atoms with Crippen molar-refractivity contribution in [2.75, 3.05) is 33.8 Å². The van der Waals surface area contributed by atoms with Crippen LogP contribution in [0.1, 0.15) is 26.7 Å². The van der Waals surface area contributed by atoms with Crippen molar-refractivity contribution in [2.45, 2.75) is 32.8 Å². The van der Waals surface area contributed by atoms with E-state index >= 15 is 0 Å². The lowest BCUT2D eigenvalue weighted by molar-refractivity contribution is -0.127. The van der Waals surface area contributed by atoms with Gasteiger partial charge in [-0.1, -0.05) is 0 Å². The molecule has 0 aromatic carbocycles. The standard InChI is InChI=1S/C11H24N2O2/c1-10(2)15-8-6-5-7-12-9-11(14)13(3)4/h10,12H,5-9H2,1-4H3. The average Bonchev–Trinajstić information content (AvgIpc) is 2.15. The maximum absolute atomic E-state index is 11.2. The summed E-state index contributed by atoms with van der Waals surface area (Å²) in [4.78, 5) is 12.8. The molecule has 0 spiro atoms. The second-order valence-corrected chi connectivity index (χ2v) is 4.09. The molecule has 1 amide bonds. The summed E-state index contributed by atoms with van der Waals surface area (Å²) in [5, 5.41) is 3.11. The molecule has 0 rings (SSSR count). The minimum Gasteiger partial charge on any atom is -0.379 e. The third-order valence-electron chi connectivity index (χ3n) is 1.97. The van der Waals surface area contributed by atoms with Crippen LogP contribution >= 0.6 is 0 Å². The smallest absolute Gasteiger partial charge is 0.236 e. The molecule has 90 valence electrons. The lowest BCUT2D eigenvalue weighted by atomic mass is 10.3. The maximum atomic E-state index is 11.2. The van der Waals surface area contributed by atoms with E-state index in [9.17, 15) is 4.79 Å². The van der Waals surface area contributed by atoms with Crippen molar-refractivity contribution in [2.24, 2.45) is 0 Å². The van der Waals surface area contributed by atoms with E-state index in [1.165, 1.54) is 0 Å². The Hall–Kier alpha value is -0.610. The van der Waals surface area contributed by atoms with E-state index in [0.717, 1.165) is 26.0 Å². The largest absolute Gasteiger partial charge is 0.379 e. The molecule has 0 aliphatic carbocycles. The highest BCUT2D eigenvalue weighted by molar-refractivity contribution is 5.77. The molecule has 4 nitrogen and oxygen atoms in total. The van der Waals surface area contributed by atoms with E-state index in [1.807, 2.05) is 13.8 Å². The molecule has 4 heteroatoms. The molecule has 0 fully saturated rings. The molecule has 0 atom stereocenters. The molecular formula is C11H24N2O2. The van der Waals surface area contributed by atoms with Crippen LogP contribution in [0.4, 0.5) is 0 Å². The zero-order chi connectivity index (χ0) is 11.7. The van der Waals surface area contributed by atoms with Crippen molar-refractivity contribution < 1.29 is 9.53 Å². The Morgan fingerprint density at radius 2 is 2.00 bits per heavy atom. The lowest BCUT2D eigenvalue weighted by Crippen LogP contribution is -2.33. The van der Waals surface area contributed by atoms with Gasteiger partial charge in [0.2, 0.25) is 5.91 Å². The van der Waals surface area contributed by atoms with Crippen molar-refractivity contribution >= 4 is 5.91 Å². The predicted octanol–water partition coefficient (Wildman–Crippen LogP) is 0.869. The first kappa shape index (κ1) is 14.4. The van der Waals surface area contributed by atoms with Crippen LogP contribution in [0.2, 0.25) is 0 Å². The van der Waals surface area contributed by atoms with Crippen molar-refractivity contribution in [1.82, 2.24) is 10.2 Å². The minimum absolute atomic E-state index is 0.119. The third-order valence-corrected chi connectivity index (χ3v) is 1.97. The van der Waals surface area contributed by atoms with E-state index in [1.54, 1.807) is 19.0 Å². The van der Waals surface area contributed by atoms with Crippen molar-refractivity contribution in [3.05, 3.63) is 0 Å². The number of amides is 1. The zero-order valence-corrected chi connectivity index (χ0v) is 10.4. The quantitative estimate of drug-likeness (QED) is 0.612. The highest BCUT2D eigenvalue weighted by Crippen LogP contribution is 1.93. The van der Waals surface area contributed by atoms with Gasteiger partial charge < -0.3 is 15.0 Å². The van der Waals surface area contributed by atoms with Gasteiger partial charge >= 0.3 is 0 Å².